The molecule has 0 aromatic rings. The molecule has 2 aliphatic rings. The van der Waals surface area contributed by atoms with Crippen molar-refractivity contribution in [3.05, 3.63) is 85.1 Å². The second kappa shape index (κ2) is 44.8. The van der Waals surface area contributed by atoms with Crippen LogP contribution in [0.15, 0.2) is 85.1 Å². The molecule has 2 aliphatic heterocycles. The lowest BCUT2D eigenvalue weighted by Crippen LogP contribution is -2.61. The molecule has 15 nitrogen and oxygen atoms in total. The summed E-state index contributed by atoms with van der Waals surface area (Å²) in [6, 6.07) is 0. The van der Waals surface area contributed by atoms with Gasteiger partial charge in [0.05, 0.1) is 19.8 Å². The number of rotatable bonds is 43. The maximum absolute atomic E-state index is 13.0. The van der Waals surface area contributed by atoms with Crippen LogP contribution in [0.3, 0.4) is 0 Å². The van der Waals surface area contributed by atoms with Crippen molar-refractivity contribution in [1.29, 1.82) is 0 Å². The number of carbonyl (C=O) groups excluding carboxylic acids is 2. The first-order valence-electron chi connectivity index (χ1n) is 28.2. The highest BCUT2D eigenvalue weighted by Gasteiger charge is 2.47. The van der Waals surface area contributed by atoms with Crippen LogP contribution in [-0.4, -0.2) is 142 Å². The van der Waals surface area contributed by atoms with Crippen LogP contribution in [0.1, 0.15) is 181 Å². The molecule has 15 heteroatoms. The van der Waals surface area contributed by atoms with Crippen molar-refractivity contribution < 1.29 is 73.8 Å². The normalized spacial score (nSPS) is 25.3. The summed E-state index contributed by atoms with van der Waals surface area (Å²) < 4.78 is 33.5. The minimum atomic E-state index is -1.79. The van der Waals surface area contributed by atoms with E-state index in [2.05, 4.69) is 80.7 Å². The molecule has 0 aliphatic carbocycles. The second-order valence-electron chi connectivity index (χ2n) is 19.4. The molecule has 7 N–H and O–H groups in total. The van der Waals surface area contributed by atoms with E-state index >= 15 is 0 Å². The zero-order chi connectivity index (χ0) is 53.9. The van der Waals surface area contributed by atoms with Crippen LogP contribution >= 0.6 is 0 Å². The van der Waals surface area contributed by atoms with E-state index in [9.17, 15) is 45.3 Å². The maximum Gasteiger partial charge on any atom is 0.306 e. The fourth-order valence-corrected chi connectivity index (χ4v) is 8.22. The summed E-state index contributed by atoms with van der Waals surface area (Å²) in [7, 11) is 0. The number of allylic oxidation sites excluding steroid dienone is 14. The Morgan fingerprint density at radius 1 is 0.432 bits per heavy atom. The Labute approximate surface area is 444 Å². The minimum absolute atomic E-state index is 0.0746. The monoisotopic (exact) mass is 1050 g/mol. The Morgan fingerprint density at radius 3 is 1.27 bits per heavy atom. The summed E-state index contributed by atoms with van der Waals surface area (Å²) in [6.45, 7) is 2.47. The molecule has 0 spiro atoms. The summed E-state index contributed by atoms with van der Waals surface area (Å²) in [5.74, 6) is -1.06. The highest BCUT2D eigenvalue weighted by atomic mass is 16.7. The highest BCUT2D eigenvalue weighted by molar-refractivity contribution is 5.70. The quantitative estimate of drug-likeness (QED) is 0.0172. The smallest absolute Gasteiger partial charge is 0.306 e. The molecule has 0 radical (unpaired) electrons. The number of ether oxygens (including phenoxy) is 6. The first-order valence-corrected chi connectivity index (χ1v) is 28.2. The Kier molecular flexibility index (Phi) is 40.4. The molecule has 0 bridgehead atoms. The molecule has 0 saturated carbocycles. The summed E-state index contributed by atoms with van der Waals surface area (Å²) in [5, 5.41) is 72.2. The first kappa shape index (κ1) is 66.8. The molecular weight excluding hydrogens is 949 g/mol. The van der Waals surface area contributed by atoms with Gasteiger partial charge in [0.2, 0.25) is 0 Å². The lowest BCUT2D eigenvalue weighted by atomic mass is 9.98. The van der Waals surface area contributed by atoms with Gasteiger partial charge < -0.3 is 64.2 Å². The van der Waals surface area contributed by atoms with Gasteiger partial charge >= 0.3 is 11.9 Å². The number of esters is 2. The third-order valence-electron chi connectivity index (χ3n) is 12.8. The molecule has 0 aromatic carbocycles. The van der Waals surface area contributed by atoms with Gasteiger partial charge in [0.1, 0.15) is 55.4 Å². The van der Waals surface area contributed by atoms with Gasteiger partial charge in [0.25, 0.3) is 0 Å². The van der Waals surface area contributed by atoms with Crippen molar-refractivity contribution in [1.82, 2.24) is 0 Å². The summed E-state index contributed by atoms with van der Waals surface area (Å²) in [5.41, 5.74) is 0. The number of carbonyl (C=O) groups is 2. The number of unbranched alkanes of at least 4 members (excludes halogenated alkanes) is 15. The van der Waals surface area contributed by atoms with Gasteiger partial charge in [-0.25, -0.2) is 0 Å². The summed E-state index contributed by atoms with van der Waals surface area (Å²) in [4.78, 5) is 25.8. The molecule has 424 valence electrons. The molecular formula is C59H98O15. The van der Waals surface area contributed by atoms with Crippen molar-refractivity contribution in [3.8, 4) is 0 Å². The van der Waals surface area contributed by atoms with Crippen molar-refractivity contribution in [2.24, 2.45) is 0 Å². The van der Waals surface area contributed by atoms with Crippen LogP contribution in [-0.2, 0) is 38.0 Å². The lowest BCUT2D eigenvalue weighted by Gasteiger charge is -2.42. The zero-order valence-electron chi connectivity index (χ0n) is 45.0. The van der Waals surface area contributed by atoms with Gasteiger partial charge in [0, 0.05) is 12.8 Å². The van der Waals surface area contributed by atoms with E-state index in [-0.39, 0.29) is 19.4 Å². The lowest BCUT2D eigenvalue weighted by molar-refractivity contribution is -0.332. The fourth-order valence-electron chi connectivity index (χ4n) is 8.22. The zero-order valence-corrected chi connectivity index (χ0v) is 45.0. The largest absolute Gasteiger partial charge is 0.462 e. The Balaban J connectivity index is 1.83. The van der Waals surface area contributed by atoms with Gasteiger partial charge in [-0.2, -0.15) is 0 Å². The molecule has 4 unspecified atom stereocenters. The van der Waals surface area contributed by atoms with E-state index in [1.54, 1.807) is 0 Å². The van der Waals surface area contributed by atoms with Crippen LogP contribution < -0.4 is 0 Å². The third-order valence-corrected chi connectivity index (χ3v) is 12.8. The van der Waals surface area contributed by atoms with Crippen LogP contribution in [0.5, 0.6) is 0 Å². The molecule has 2 saturated heterocycles. The van der Waals surface area contributed by atoms with Crippen molar-refractivity contribution in [2.75, 3.05) is 26.4 Å². The average molecular weight is 1050 g/mol. The van der Waals surface area contributed by atoms with E-state index in [1.807, 2.05) is 18.2 Å². The van der Waals surface area contributed by atoms with Gasteiger partial charge in [-0.05, 0) is 83.5 Å². The molecule has 2 fully saturated rings. The van der Waals surface area contributed by atoms with E-state index < -0.39 is 99.3 Å². The van der Waals surface area contributed by atoms with Crippen molar-refractivity contribution in [2.45, 2.75) is 248 Å². The van der Waals surface area contributed by atoms with E-state index in [4.69, 9.17) is 28.4 Å². The molecule has 0 amide bonds. The van der Waals surface area contributed by atoms with Gasteiger partial charge in [0.15, 0.2) is 18.7 Å². The summed E-state index contributed by atoms with van der Waals surface area (Å²) in [6.07, 6.45) is 39.1. The first-order chi connectivity index (χ1) is 36.0. The van der Waals surface area contributed by atoms with E-state index in [0.29, 0.717) is 25.7 Å². The summed E-state index contributed by atoms with van der Waals surface area (Å²) >= 11 is 0. The molecule has 74 heavy (non-hydrogen) atoms. The van der Waals surface area contributed by atoms with Crippen LogP contribution in [0.4, 0.5) is 0 Å². The minimum Gasteiger partial charge on any atom is -0.462 e. The molecule has 0 aromatic heterocycles. The van der Waals surface area contributed by atoms with Gasteiger partial charge in [-0.1, -0.05) is 170 Å². The topological polar surface area (TPSA) is 231 Å². The Morgan fingerprint density at radius 2 is 0.811 bits per heavy atom. The number of hydrogen-bond acceptors (Lipinski definition) is 15. The highest BCUT2D eigenvalue weighted by Crippen LogP contribution is 2.26. The molecule has 2 heterocycles. The van der Waals surface area contributed by atoms with Crippen molar-refractivity contribution in [3.63, 3.8) is 0 Å². The van der Waals surface area contributed by atoms with E-state index in [1.165, 1.54) is 83.5 Å². The van der Waals surface area contributed by atoms with Crippen LogP contribution in [0.2, 0.25) is 0 Å². The molecule has 11 atom stereocenters. The van der Waals surface area contributed by atoms with Gasteiger partial charge in [-0.15, -0.1) is 0 Å². The van der Waals surface area contributed by atoms with Gasteiger partial charge in [-0.3, -0.25) is 9.59 Å². The maximum atomic E-state index is 13.0. The predicted molar refractivity (Wildman–Crippen MR) is 289 cm³/mol. The standard InChI is InChI=1S/C59H98O15/c1-3-5-7-9-11-13-15-17-19-21-22-23-24-26-28-30-32-34-36-38-40-42-51(62)72-47(44-69-50(61)41-39-37-35-33-31-29-27-25-20-18-16-14-12-10-8-6-4-2)45-70-58-57(68)55(66)53(64)49(74-58)46-71-59-56(67)54(65)52(63)48(43-60)73-59/h18-21,23-24,27-30,33-36,47-49,52-60,63-68H,3-17,22,25-26,31-32,37-46H2,1-2H3/b20-18+,21-19+,24-23+,29-27+,30-28+,35-33+,36-34+/t47-,48+,49+,52-,53-,54?,55?,56?,57?,58+,59+/m1/s1. The SMILES string of the molecule is CCCCCCCC/C=C/C/C=C/C/C=C/CCCC(=O)OC[C@H](CO[C@H]1O[C@@H](CO[C@H]2O[C@@H](CO)[C@@H](O)C(O)C2O)[C@@H](O)C(O)C1O)OC(=O)CCC/C=C/C/C=C/C/C=C/C/C=C/CCCCCCCCC. The third kappa shape index (κ3) is 31.7. The molecule has 2 rings (SSSR count). The average Bonchev–Trinajstić information content (AvgIpc) is 3.39. The Bertz CT molecular complexity index is 1610. The number of aliphatic hydroxyl groups excluding tert-OH is 7. The fraction of sp³-hybridized carbons (Fsp3) is 0.729. The van der Waals surface area contributed by atoms with Crippen molar-refractivity contribution >= 4 is 11.9 Å². The predicted octanol–water partition coefficient (Wildman–Crippen LogP) is 9.16. The van der Waals surface area contributed by atoms with Crippen LogP contribution in [0, 0.1) is 0 Å². The van der Waals surface area contributed by atoms with E-state index in [0.717, 1.165) is 44.9 Å². The van der Waals surface area contributed by atoms with Crippen LogP contribution in [0.25, 0.3) is 0 Å². The number of aliphatic hydroxyl groups is 7. The number of hydrogen-bond donors (Lipinski definition) is 7. The second-order valence-corrected chi connectivity index (χ2v) is 19.4. The Hall–Kier alpha value is -3.32.